The van der Waals surface area contributed by atoms with Crippen LogP contribution in [0.5, 0.6) is 17.2 Å². The molecule has 0 saturated carbocycles. The number of phenolic OH excluding ortho intramolecular Hbond substituents is 2. The largest absolute Gasteiger partial charge is 0.507 e. The van der Waals surface area contributed by atoms with E-state index in [4.69, 9.17) is 14.6 Å². The Hall–Kier alpha value is -1.72. The number of hydrogen-bond acceptors (Lipinski definition) is 5. The molecule has 1 rings (SSSR count). The van der Waals surface area contributed by atoms with E-state index in [1.54, 1.807) is 19.9 Å². The average Bonchev–Trinajstić information content (AvgIpc) is 2.48. The molecule has 0 aliphatic carbocycles. The van der Waals surface area contributed by atoms with Crippen molar-refractivity contribution in [3.8, 4) is 17.2 Å². The molecule has 0 saturated heterocycles. The van der Waals surface area contributed by atoms with Crippen molar-refractivity contribution in [2.75, 3.05) is 20.8 Å². The van der Waals surface area contributed by atoms with Crippen LogP contribution >= 0.6 is 0 Å². The van der Waals surface area contributed by atoms with Gasteiger partial charge < -0.3 is 24.8 Å². The van der Waals surface area contributed by atoms with Crippen LogP contribution in [0, 0.1) is 13.8 Å². The minimum absolute atomic E-state index is 0.0253. The van der Waals surface area contributed by atoms with E-state index in [0.717, 1.165) is 5.57 Å². The van der Waals surface area contributed by atoms with Crippen LogP contribution in [-0.4, -0.2) is 42.3 Å². The SMILES string of the molecule is COc1c(O)c(C)c(C)c(O)c1/C=C(/C)CC(CO)OC. The van der Waals surface area contributed by atoms with Crippen LogP contribution in [-0.2, 0) is 4.74 Å². The highest BCUT2D eigenvalue weighted by Gasteiger charge is 2.19. The molecule has 0 spiro atoms. The summed E-state index contributed by atoms with van der Waals surface area (Å²) in [6, 6.07) is 0. The lowest BCUT2D eigenvalue weighted by Gasteiger charge is -2.17. The molecule has 0 aromatic heterocycles. The zero-order valence-electron chi connectivity index (χ0n) is 13.2. The van der Waals surface area contributed by atoms with Crippen LogP contribution < -0.4 is 4.74 Å². The zero-order chi connectivity index (χ0) is 16.2. The number of methoxy groups -OCH3 is 2. The fourth-order valence-corrected chi connectivity index (χ4v) is 2.19. The van der Waals surface area contributed by atoms with E-state index in [1.807, 2.05) is 6.92 Å². The molecule has 1 aromatic carbocycles. The summed E-state index contributed by atoms with van der Waals surface area (Å²) in [5.74, 6) is 0.352. The van der Waals surface area contributed by atoms with Crippen molar-refractivity contribution in [1.29, 1.82) is 0 Å². The highest BCUT2D eigenvalue weighted by Crippen LogP contribution is 2.43. The van der Waals surface area contributed by atoms with Gasteiger partial charge in [0, 0.05) is 12.7 Å². The van der Waals surface area contributed by atoms with E-state index in [2.05, 4.69) is 0 Å². The van der Waals surface area contributed by atoms with Gasteiger partial charge in [-0.05, 0) is 38.8 Å². The first-order chi connectivity index (χ1) is 9.87. The molecule has 0 aliphatic rings. The maximum absolute atomic E-state index is 10.3. The van der Waals surface area contributed by atoms with E-state index in [1.165, 1.54) is 14.2 Å². The van der Waals surface area contributed by atoms with Gasteiger partial charge in [-0.15, -0.1) is 0 Å². The summed E-state index contributed by atoms with van der Waals surface area (Å²) in [5.41, 5.74) is 2.53. The Kier molecular flexibility index (Phi) is 6.05. The Morgan fingerprint density at radius 1 is 1.14 bits per heavy atom. The van der Waals surface area contributed by atoms with Crippen molar-refractivity contribution in [2.45, 2.75) is 33.3 Å². The molecule has 3 N–H and O–H groups in total. The summed E-state index contributed by atoms with van der Waals surface area (Å²) in [5, 5.41) is 29.6. The maximum atomic E-state index is 10.3. The molecule has 0 fully saturated rings. The molecular formula is C16H24O5. The Morgan fingerprint density at radius 2 is 1.71 bits per heavy atom. The van der Waals surface area contributed by atoms with Gasteiger partial charge in [-0.3, -0.25) is 0 Å². The van der Waals surface area contributed by atoms with Crippen LogP contribution in [0.1, 0.15) is 30.0 Å². The lowest BCUT2D eigenvalue weighted by atomic mass is 9.98. The number of phenols is 2. The summed E-state index contributed by atoms with van der Waals surface area (Å²) in [6.07, 6.45) is 1.96. The van der Waals surface area contributed by atoms with Gasteiger partial charge in [-0.25, -0.2) is 0 Å². The molecule has 1 unspecified atom stereocenters. The molecular weight excluding hydrogens is 272 g/mol. The molecule has 0 bridgehead atoms. The summed E-state index contributed by atoms with van der Waals surface area (Å²) >= 11 is 0. The normalized spacial score (nSPS) is 13.3. The van der Waals surface area contributed by atoms with Crippen molar-refractivity contribution >= 4 is 6.08 Å². The summed E-state index contributed by atoms with van der Waals surface area (Å²) in [7, 11) is 2.98. The smallest absolute Gasteiger partial charge is 0.171 e. The van der Waals surface area contributed by atoms with E-state index in [0.29, 0.717) is 23.1 Å². The van der Waals surface area contributed by atoms with Gasteiger partial charge >= 0.3 is 0 Å². The van der Waals surface area contributed by atoms with E-state index < -0.39 is 0 Å². The third-order valence-electron chi connectivity index (χ3n) is 3.67. The van der Waals surface area contributed by atoms with Crippen LogP contribution in [0.15, 0.2) is 5.57 Å². The van der Waals surface area contributed by atoms with Gasteiger partial charge in [0.2, 0.25) is 0 Å². The van der Waals surface area contributed by atoms with Crippen molar-refractivity contribution in [1.82, 2.24) is 0 Å². The van der Waals surface area contributed by atoms with E-state index >= 15 is 0 Å². The quantitative estimate of drug-likeness (QED) is 0.703. The summed E-state index contributed by atoms with van der Waals surface area (Å²) in [4.78, 5) is 0. The van der Waals surface area contributed by atoms with Crippen LogP contribution in [0.4, 0.5) is 0 Å². The predicted molar refractivity (Wildman–Crippen MR) is 81.9 cm³/mol. The Morgan fingerprint density at radius 3 is 2.19 bits per heavy atom. The molecule has 0 heterocycles. The molecule has 5 heteroatoms. The standard InChI is InChI=1S/C16H24O5/c1-9(6-12(8-17)20-4)7-13-14(18)10(2)11(3)15(19)16(13)21-5/h7,12,17-19H,6,8H2,1-5H3/b9-7-. The Balaban J connectivity index is 3.30. The second kappa shape index (κ2) is 7.33. The number of benzene rings is 1. The Bertz CT molecular complexity index is 530. The van der Waals surface area contributed by atoms with Gasteiger partial charge in [0.25, 0.3) is 0 Å². The van der Waals surface area contributed by atoms with Crippen molar-refractivity contribution in [3.05, 3.63) is 22.3 Å². The zero-order valence-corrected chi connectivity index (χ0v) is 13.2. The van der Waals surface area contributed by atoms with E-state index in [9.17, 15) is 10.2 Å². The molecule has 1 aromatic rings. The third-order valence-corrected chi connectivity index (χ3v) is 3.67. The lowest BCUT2D eigenvalue weighted by Crippen LogP contribution is -2.15. The summed E-state index contributed by atoms with van der Waals surface area (Å²) in [6.45, 7) is 5.25. The molecule has 0 aliphatic heterocycles. The van der Waals surface area contributed by atoms with Crippen molar-refractivity contribution in [3.63, 3.8) is 0 Å². The van der Waals surface area contributed by atoms with Crippen LogP contribution in [0.25, 0.3) is 6.08 Å². The van der Waals surface area contributed by atoms with Gasteiger partial charge in [-0.1, -0.05) is 5.57 Å². The first-order valence-corrected chi connectivity index (χ1v) is 6.77. The van der Waals surface area contributed by atoms with Crippen molar-refractivity contribution in [2.24, 2.45) is 0 Å². The second-order valence-corrected chi connectivity index (χ2v) is 5.13. The Labute approximate surface area is 125 Å². The minimum atomic E-state index is -0.297. The minimum Gasteiger partial charge on any atom is -0.507 e. The number of aliphatic hydroxyl groups excluding tert-OH is 1. The predicted octanol–water partition coefficient (Wildman–Crippen LogP) is 2.52. The number of aliphatic hydroxyl groups is 1. The topological polar surface area (TPSA) is 79.2 Å². The first kappa shape index (κ1) is 17.3. The van der Waals surface area contributed by atoms with Gasteiger partial charge in [0.05, 0.1) is 25.4 Å². The molecule has 21 heavy (non-hydrogen) atoms. The summed E-state index contributed by atoms with van der Waals surface area (Å²) < 4.78 is 10.3. The second-order valence-electron chi connectivity index (χ2n) is 5.13. The number of aromatic hydroxyl groups is 2. The van der Waals surface area contributed by atoms with Crippen LogP contribution in [0.2, 0.25) is 0 Å². The number of rotatable bonds is 6. The van der Waals surface area contributed by atoms with E-state index in [-0.39, 0.29) is 30.0 Å². The maximum Gasteiger partial charge on any atom is 0.171 e. The first-order valence-electron chi connectivity index (χ1n) is 6.77. The average molecular weight is 296 g/mol. The van der Waals surface area contributed by atoms with Gasteiger partial charge in [0.1, 0.15) is 5.75 Å². The highest BCUT2D eigenvalue weighted by molar-refractivity contribution is 5.73. The van der Waals surface area contributed by atoms with Gasteiger partial charge in [-0.2, -0.15) is 0 Å². The molecule has 5 nitrogen and oxygen atoms in total. The molecule has 118 valence electrons. The van der Waals surface area contributed by atoms with Crippen LogP contribution in [0.3, 0.4) is 0 Å². The monoisotopic (exact) mass is 296 g/mol. The fourth-order valence-electron chi connectivity index (χ4n) is 2.19. The number of ether oxygens (including phenoxy) is 2. The molecule has 0 amide bonds. The highest BCUT2D eigenvalue weighted by atomic mass is 16.5. The lowest BCUT2D eigenvalue weighted by molar-refractivity contribution is 0.0497. The van der Waals surface area contributed by atoms with Crippen molar-refractivity contribution < 1.29 is 24.8 Å². The number of hydrogen-bond donors (Lipinski definition) is 3. The third kappa shape index (κ3) is 3.68. The molecule has 1 atom stereocenters. The molecule has 0 radical (unpaired) electrons. The van der Waals surface area contributed by atoms with Gasteiger partial charge in [0.15, 0.2) is 11.5 Å². The fraction of sp³-hybridized carbons (Fsp3) is 0.500.